The zero-order valence-corrected chi connectivity index (χ0v) is 9.41. The second kappa shape index (κ2) is 4.36. The number of anilines is 2. The number of hydrogen-bond donors (Lipinski definition) is 3. The lowest BCUT2D eigenvalue weighted by molar-refractivity contribution is 0.979. The van der Waals surface area contributed by atoms with Crippen molar-refractivity contribution in [1.29, 1.82) is 0 Å². The second-order valence-corrected chi connectivity index (χ2v) is 3.57. The molecule has 4 N–H and O–H groups in total. The van der Waals surface area contributed by atoms with E-state index in [1.54, 1.807) is 19.3 Å². The van der Waals surface area contributed by atoms with E-state index in [1.807, 2.05) is 0 Å². The van der Waals surface area contributed by atoms with E-state index in [0.717, 1.165) is 5.82 Å². The van der Waals surface area contributed by atoms with Crippen molar-refractivity contribution in [3.63, 3.8) is 0 Å². The Labute approximate surface area is 97.3 Å². The fourth-order valence-corrected chi connectivity index (χ4v) is 1.46. The molecule has 0 radical (unpaired) electrons. The van der Waals surface area contributed by atoms with E-state index < -0.39 is 0 Å². The third-order valence-electron chi connectivity index (χ3n) is 2.09. The highest BCUT2D eigenvalue weighted by molar-refractivity contribution is 6.28. The van der Waals surface area contributed by atoms with Gasteiger partial charge in [0.05, 0.1) is 17.9 Å². The van der Waals surface area contributed by atoms with Crippen LogP contribution in [0.5, 0.6) is 0 Å². The molecule has 2 aromatic heterocycles. The smallest absolute Gasteiger partial charge is 0.224 e. The van der Waals surface area contributed by atoms with Gasteiger partial charge in [0, 0.05) is 12.4 Å². The maximum Gasteiger partial charge on any atom is 0.224 e. The molecule has 0 bridgehead atoms. The molecule has 16 heavy (non-hydrogen) atoms. The van der Waals surface area contributed by atoms with Crippen LogP contribution in [0.3, 0.4) is 0 Å². The minimum Gasteiger partial charge on any atom is -0.394 e. The molecule has 0 atom stereocenters. The van der Waals surface area contributed by atoms with E-state index in [0.29, 0.717) is 23.7 Å². The SMILES string of the molecule is Cc1nc(Cl)nc(NCc2ncc[nH]2)c1N. The van der Waals surface area contributed by atoms with Crippen molar-refractivity contribution in [2.45, 2.75) is 13.5 Å². The van der Waals surface area contributed by atoms with Crippen LogP contribution in [0, 0.1) is 6.92 Å². The van der Waals surface area contributed by atoms with E-state index in [1.165, 1.54) is 0 Å². The summed E-state index contributed by atoms with van der Waals surface area (Å²) in [4.78, 5) is 15.0. The first kappa shape index (κ1) is 10.7. The molecular weight excluding hydrogens is 228 g/mol. The summed E-state index contributed by atoms with van der Waals surface area (Å²) in [5, 5.41) is 3.22. The lowest BCUT2D eigenvalue weighted by Crippen LogP contribution is -2.08. The predicted molar refractivity (Wildman–Crippen MR) is 62.1 cm³/mol. The summed E-state index contributed by atoms with van der Waals surface area (Å²) in [5.41, 5.74) is 6.97. The highest BCUT2D eigenvalue weighted by Gasteiger charge is 2.07. The summed E-state index contributed by atoms with van der Waals surface area (Å²) in [6.45, 7) is 2.28. The molecule has 2 heterocycles. The zero-order valence-electron chi connectivity index (χ0n) is 8.66. The zero-order chi connectivity index (χ0) is 11.5. The van der Waals surface area contributed by atoms with Crippen molar-refractivity contribution in [2.75, 3.05) is 11.1 Å². The number of H-pyrrole nitrogens is 1. The number of nitrogens with two attached hydrogens (primary N) is 1. The van der Waals surface area contributed by atoms with Crippen LogP contribution >= 0.6 is 11.6 Å². The van der Waals surface area contributed by atoms with Crippen molar-refractivity contribution in [2.24, 2.45) is 0 Å². The van der Waals surface area contributed by atoms with Gasteiger partial charge in [-0.3, -0.25) is 0 Å². The highest BCUT2D eigenvalue weighted by atomic mass is 35.5. The fraction of sp³-hybridized carbons (Fsp3) is 0.222. The van der Waals surface area contributed by atoms with Crippen LogP contribution in [0.1, 0.15) is 11.5 Å². The van der Waals surface area contributed by atoms with Gasteiger partial charge in [-0.1, -0.05) is 0 Å². The van der Waals surface area contributed by atoms with Crippen molar-refractivity contribution in [1.82, 2.24) is 19.9 Å². The van der Waals surface area contributed by atoms with Crippen LogP contribution < -0.4 is 11.1 Å². The predicted octanol–water partition coefficient (Wildman–Crippen LogP) is 1.36. The van der Waals surface area contributed by atoms with Crippen molar-refractivity contribution >= 4 is 23.1 Å². The van der Waals surface area contributed by atoms with Crippen LogP contribution in [0.15, 0.2) is 12.4 Å². The van der Waals surface area contributed by atoms with Crippen LogP contribution in [0.2, 0.25) is 5.28 Å². The number of nitrogen functional groups attached to an aromatic ring is 1. The van der Waals surface area contributed by atoms with Crippen LogP contribution in [0.25, 0.3) is 0 Å². The van der Waals surface area contributed by atoms with Crippen LogP contribution in [-0.4, -0.2) is 19.9 Å². The largest absolute Gasteiger partial charge is 0.394 e. The van der Waals surface area contributed by atoms with E-state index in [4.69, 9.17) is 17.3 Å². The van der Waals surface area contributed by atoms with Crippen LogP contribution in [-0.2, 0) is 6.54 Å². The Morgan fingerprint density at radius 2 is 2.31 bits per heavy atom. The van der Waals surface area contributed by atoms with Gasteiger partial charge >= 0.3 is 0 Å². The van der Waals surface area contributed by atoms with Gasteiger partial charge in [-0.2, -0.15) is 4.98 Å². The first-order chi connectivity index (χ1) is 7.66. The molecule has 6 nitrogen and oxygen atoms in total. The Balaban J connectivity index is 2.15. The topological polar surface area (TPSA) is 92.5 Å². The number of hydrogen-bond acceptors (Lipinski definition) is 5. The van der Waals surface area contributed by atoms with Crippen molar-refractivity contribution in [3.8, 4) is 0 Å². The van der Waals surface area contributed by atoms with Gasteiger partial charge in [0.25, 0.3) is 0 Å². The molecule has 0 amide bonds. The second-order valence-electron chi connectivity index (χ2n) is 3.23. The van der Waals surface area contributed by atoms with Gasteiger partial charge in [0.15, 0.2) is 5.82 Å². The molecule has 0 saturated heterocycles. The first-order valence-electron chi connectivity index (χ1n) is 4.68. The Bertz CT molecular complexity index is 481. The molecule has 0 saturated carbocycles. The molecule has 0 spiro atoms. The molecule has 2 aromatic rings. The number of aromatic nitrogens is 4. The fourth-order valence-electron chi connectivity index (χ4n) is 1.24. The molecule has 7 heteroatoms. The molecule has 0 aliphatic carbocycles. The number of aromatic amines is 1. The van der Waals surface area contributed by atoms with Gasteiger partial charge in [-0.05, 0) is 18.5 Å². The normalized spacial score (nSPS) is 10.4. The number of nitrogens with one attached hydrogen (secondary N) is 2. The lowest BCUT2D eigenvalue weighted by atomic mass is 10.3. The maximum absolute atomic E-state index is 5.81. The van der Waals surface area contributed by atoms with Gasteiger partial charge in [-0.25, -0.2) is 9.97 Å². The van der Waals surface area contributed by atoms with Gasteiger partial charge < -0.3 is 16.0 Å². The number of halogens is 1. The maximum atomic E-state index is 5.81. The highest BCUT2D eigenvalue weighted by Crippen LogP contribution is 2.20. The number of imidazole rings is 1. The quantitative estimate of drug-likeness (QED) is 0.702. The average Bonchev–Trinajstić information content (AvgIpc) is 2.74. The summed E-state index contributed by atoms with van der Waals surface area (Å²) in [5.74, 6) is 1.32. The van der Waals surface area contributed by atoms with E-state index in [-0.39, 0.29) is 5.28 Å². The van der Waals surface area contributed by atoms with Gasteiger partial charge in [0.1, 0.15) is 5.82 Å². The molecule has 0 aliphatic rings. The minimum absolute atomic E-state index is 0.175. The summed E-state index contributed by atoms with van der Waals surface area (Å²) < 4.78 is 0. The van der Waals surface area contributed by atoms with Crippen LogP contribution in [0.4, 0.5) is 11.5 Å². The summed E-state index contributed by atoms with van der Waals surface area (Å²) in [6.07, 6.45) is 3.43. The third-order valence-corrected chi connectivity index (χ3v) is 2.26. The van der Waals surface area contributed by atoms with Crippen molar-refractivity contribution < 1.29 is 0 Å². The Kier molecular flexibility index (Phi) is 2.91. The molecule has 0 aliphatic heterocycles. The molecule has 2 rings (SSSR count). The van der Waals surface area contributed by atoms with Gasteiger partial charge in [-0.15, -0.1) is 0 Å². The van der Waals surface area contributed by atoms with E-state index in [9.17, 15) is 0 Å². The molecular formula is C9H11ClN6. The molecule has 0 aromatic carbocycles. The minimum atomic E-state index is 0.175. The molecule has 0 fully saturated rings. The van der Waals surface area contributed by atoms with Gasteiger partial charge in [0.2, 0.25) is 5.28 Å². The monoisotopic (exact) mass is 238 g/mol. The summed E-state index contributed by atoms with van der Waals surface area (Å²) in [6, 6.07) is 0. The lowest BCUT2D eigenvalue weighted by Gasteiger charge is -2.08. The third kappa shape index (κ3) is 2.22. The Hall–Kier alpha value is -1.82. The standard InChI is InChI=1S/C9H11ClN6/c1-5-7(11)8(16-9(10)15-5)14-4-6-12-2-3-13-6/h2-3H,4,11H2,1H3,(H,12,13)(H,14,15,16). The Morgan fingerprint density at radius 1 is 1.50 bits per heavy atom. The average molecular weight is 239 g/mol. The summed E-state index contributed by atoms with van der Waals surface area (Å²) in [7, 11) is 0. The van der Waals surface area contributed by atoms with Crippen molar-refractivity contribution in [3.05, 3.63) is 29.2 Å². The molecule has 0 unspecified atom stereocenters. The number of nitrogens with zero attached hydrogens (tertiary/aromatic N) is 3. The summed E-state index contributed by atoms with van der Waals surface area (Å²) >= 11 is 5.74. The van der Waals surface area contributed by atoms with E-state index >= 15 is 0 Å². The number of aryl methyl sites for hydroxylation is 1. The molecule has 84 valence electrons. The van der Waals surface area contributed by atoms with E-state index in [2.05, 4.69) is 25.3 Å². The first-order valence-corrected chi connectivity index (χ1v) is 5.06. The Morgan fingerprint density at radius 3 is 3.00 bits per heavy atom. The number of rotatable bonds is 3.